The molecule has 4 saturated carbocycles. The van der Waals surface area contributed by atoms with E-state index in [4.69, 9.17) is 0 Å². The van der Waals surface area contributed by atoms with Crippen molar-refractivity contribution >= 4 is 17.8 Å². The lowest BCUT2D eigenvalue weighted by molar-refractivity contribution is -0.384. The van der Waals surface area contributed by atoms with E-state index in [0.29, 0.717) is 5.92 Å². The predicted octanol–water partition coefficient (Wildman–Crippen LogP) is 4.04. The molecular formula is C20H25N3O3. The number of nitrogens with one attached hydrogen (secondary N) is 1. The molecule has 4 aliphatic rings. The van der Waals surface area contributed by atoms with E-state index in [0.717, 1.165) is 24.8 Å². The molecule has 0 spiro atoms. The number of carbonyl (C=O) groups excluding carboxylic acids is 1. The number of nitro groups is 1. The van der Waals surface area contributed by atoms with Crippen molar-refractivity contribution in [1.82, 2.24) is 5.43 Å². The van der Waals surface area contributed by atoms with Crippen molar-refractivity contribution in [2.24, 2.45) is 27.3 Å². The van der Waals surface area contributed by atoms with Crippen LogP contribution in [0.4, 0.5) is 5.69 Å². The number of hydrazone groups is 1. The first kappa shape index (κ1) is 17.2. The predicted molar refractivity (Wildman–Crippen MR) is 98.7 cm³/mol. The van der Waals surface area contributed by atoms with Gasteiger partial charge in [-0.05, 0) is 73.0 Å². The maximum Gasteiger partial charge on any atom is 0.269 e. The van der Waals surface area contributed by atoms with Crippen LogP contribution >= 0.6 is 0 Å². The van der Waals surface area contributed by atoms with Gasteiger partial charge in [-0.15, -0.1) is 0 Å². The minimum atomic E-state index is -0.434. The Bertz CT molecular complexity index is 768. The topological polar surface area (TPSA) is 84.6 Å². The van der Waals surface area contributed by atoms with Crippen molar-refractivity contribution in [3.8, 4) is 0 Å². The van der Waals surface area contributed by atoms with Gasteiger partial charge >= 0.3 is 0 Å². The standard InChI is InChI=1S/C20H25N3O3/c1-18-7-15-8-19(2,11-18)13-20(9-15,12-18)17(24)22-21-10-14-3-5-16(6-4-14)23(25)26/h3-6,10,15H,7-9,11-13H2,1-2H3,(H,22,24)/b21-10-/t15?,18-,19+,20?. The monoisotopic (exact) mass is 355 g/mol. The van der Waals surface area contributed by atoms with Gasteiger partial charge in [-0.3, -0.25) is 14.9 Å². The Labute approximate surface area is 153 Å². The zero-order valence-electron chi connectivity index (χ0n) is 15.3. The van der Waals surface area contributed by atoms with Crippen molar-refractivity contribution < 1.29 is 9.72 Å². The van der Waals surface area contributed by atoms with E-state index >= 15 is 0 Å². The SMILES string of the molecule is C[C@]12CC3CC(C(=O)N/N=C\c4ccc([N+](=O)[O-])cc4)(C1)C[C@@](C)(C3)C2. The molecule has 2 unspecified atom stereocenters. The van der Waals surface area contributed by atoms with Gasteiger partial charge in [0.25, 0.3) is 5.69 Å². The molecular weight excluding hydrogens is 330 g/mol. The van der Waals surface area contributed by atoms with E-state index in [1.807, 2.05) is 0 Å². The quantitative estimate of drug-likeness (QED) is 0.502. The number of rotatable bonds is 4. The van der Waals surface area contributed by atoms with Gasteiger partial charge in [-0.25, -0.2) is 5.43 Å². The second-order valence-electron chi connectivity index (χ2n) is 9.46. The third-order valence-corrected chi connectivity index (χ3v) is 6.59. The molecule has 4 bridgehead atoms. The van der Waals surface area contributed by atoms with Crippen molar-refractivity contribution in [2.45, 2.75) is 52.4 Å². The van der Waals surface area contributed by atoms with Crippen molar-refractivity contribution in [3.05, 3.63) is 39.9 Å². The second-order valence-corrected chi connectivity index (χ2v) is 9.46. The Morgan fingerprint density at radius 2 is 1.77 bits per heavy atom. The van der Waals surface area contributed by atoms with Crippen molar-refractivity contribution in [1.29, 1.82) is 0 Å². The van der Waals surface area contributed by atoms with Crippen LogP contribution in [0.1, 0.15) is 57.9 Å². The van der Waals surface area contributed by atoms with E-state index in [-0.39, 0.29) is 27.8 Å². The number of hydrogen-bond acceptors (Lipinski definition) is 4. The molecule has 0 aromatic heterocycles. The average molecular weight is 355 g/mol. The number of hydrogen-bond donors (Lipinski definition) is 1. The smallest absolute Gasteiger partial charge is 0.269 e. The molecule has 0 radical (unpaired) electrons. The lowest BCUT2D eigenvalue weighted by Gasteiger charge is -2.64. The number of carbonyl (C=O) groups is 1. The zero-order valence-corrected chi connectivity index (χ0v) is 15.3. The van der Waals surface area contributed by atoms with Gasteiger partial charge in [0.15, 0.2) is 0 Å². The lowest BCUT2D eigenvalue weighted by Crippen LogP contribution is -2.59. The summed E-state index contributed by atoms with van der Waals surface area (Å²) in [6.07, 6.45) is 8.20. The highest BCUT2D eigenvalue weighted by Crippen LogP contribution is 2.69. The molecule has 138 valence electrons. The summed E-state index contributed by atoms with van der Waals surface area (Å²) in [7, 11) is 0. The summed E-state index contributed by atoms with van der Waals surface area (Å²) in [5.41, 5.74) is 3.81. The van der Waals surface area contributed by atoms with Gasteiger partial charge < -0.3 is 0 Å². The van der Waals surface area contributed by atoms with Gasteiger partial charge in [0.2, 0.25) is 5.91 Å². The Balaban J connectivity index is 1.46. The molecule has 6 heteroatoms. The Morgan fingerprint density at radius 3 is 2.31 bits per heavy atom. The Morgan fingerprint density at radius 1 is 1.15 bits per heavy atom. The minimum Gasteiger partial charge on any atom is -0.273 e. The maximum absolute atomic E-state index is 13.0. The molecule has 4 atom stereocenters. The molecule has 26 heavy (non-hydrogen) atoms. The molecule has 1 aromatic rings. The van der Waals surface area contributed by atoms with Crippen LogP contribution < -0.4 is 5.43 Å². The van der Waals surface area contributed by atoms with Gasteiger partial charge in [0.1, 0.15) is 0 Å². The van der Waals surface area contributed by atoms with E-state index in [1.54, 1.807) is 18.3 Å². The minimum absolute atomic E-state index is 0.0391. The van der Waals surface area contributed by atoms with Crippen LogP contribution in [0.3, 0.4) is 0 Å². The van der Waals surface area contributed by atoms with Crippen LogP contribution in [-0.2, 0) is 4.79 Å². The Hall–Kier alpha value is -2.24. The highest BCUT2D eigenvalue weighted by Gasteiger charge is 2.62. The third kappa shape index (κ3) is 2.91. The van der Waals surface area contributed by atoms with Gasteiger partial charge in [-0.2, -0.15) is 5.10 Å². The summed E-state index contributed by atoms with van der Waals surface area (Å²) in [6.45, 7) is 4.69. The van der Waals surface area contributed by atoms with E-state index in [2.05, 4.69) is 24.4 Å². The Kier molecular flexibility index (Phi) is 3.72. The third-order valence-electron chi connectivity index (χ3n) is 6.59. The number of nitrogens with zero attached hydrogens (tertiary/aromatic N) is 2. The molecule has 0 saturated heterocycles. The van der Waals surface area contributed by atoms with Crippen LogP contribution in [0, 0.1) is 32.3 Å². The van der Waals surface area contributed by atoms with Crippen LogP contribution in [0.5, 0.6) is 0 Å². The van der Waals surface area contributed by atoms with Crippen molar-refractivity contribution in [2.75, 3.05) is 0 Å². The van der Waals surface area contributed by atoms with E-state index in [9.17, 15) is 14.9 Å². The van der Waals surface area contributed by atoms with E-state index in [1.165, 1.54) is 31.4 Å². The van der Waals surface area contributed by atoms with Crippen LogP contribution in [0.15, 0.2) is 29.4 Å². The van der Waals surface area contributed by atoms with Gasteiger partial charge in [0.05, 0.1) is 16.6 Å². The largest absolute Gasteiger partial charge is 0.273 e. The van der Waals surface area contributed by atoms with Gasteiger partial charge in [0, 0.05) is 12.1 Å². The summed E-state index contributed by atoms with van der Waals surface area (Å²) < 4.78 is 0. The maximum atomic E-state index is 13.0. The number of amides is 1. The second kappa shape index (κ2) is 5.63. The summed E-state index contributed by atoms with van der Waals surface area (Å²) in [5.74, 6) is 0.697. The molecule has 5 rings (SSSR count). The van der Waals surface area contributed by atoms with E-state index < -0.39 is 4.92 Å². The number of benzene rings is 1. The molecule has 0 aliphatic heterocycles. The molecule has 4 aliphatic carbocycles. The summed E-state index contributed by atoms with van der Waals surface area (Å²) in [5, 5.41) is 14.8. The van der Waals surface area contributed by atoms with Crippen LogP contribution in [-0.4, -0.2) is 17.0 Å². The number of non-ortho nitro benzene ring substituents is 1. The molecule has 6 nitrogen and oxygen atoms in total. The summed E-state index contributed by atoms with van der Waals surface area (Å²) in [4.78, 5) is 23.3. The normalized spacial score (nSPS) is 37.8. The zero-order chi connectivity index (χ0) is 18.6. The van der Waals surface area contributed by atoms with Gasteiger partial charge in [-0.1, -0.05) is 13.8 Å². The molecule has 1 aromatic carbocycles. The molecule has 4 fully saturated rings. The van der Waals surface area contributed by atoms with Crippen LogP contribution in [0.25, 0.3) is 0 Å². The molecule has 1 amide bonds. The lowest BCUT2D eigenvalue weighted by atomic mass is 9.40. The fourth-order valence-electron chi connectivity index (χ4n) is 6.67. The summed E-state index contributed by atoms with van der Waals surface area (Å²) >= 11 is 0. The molecule has 0 heterocycles. The van der Waals surface area contributed by atoms with Crippen LogP contribution in [0.2, 0.25) is 0 Å². The number of nitro benzene ring substituents is 1. The highest BCUT2D eigenvalue weighted by molar-refractivity contribution is 5.86. The first-order valence-corrected chi connectivity index (χ1v) is 9.29. The fourth-order valence-corrected chi connectivity index (χ4v) is 6.67. The first-order valence-electron chi connectivity index (χ1n) is 9.29. The van der Waals surface area contributed by atoms with Crippen molar-refractivity contribution in [3.63, 3.8) is 0 Å². The summed E-state index contributed by atoms with van der Waals surface area (Å²) in [6, 6.07) is 6.12. The fraction of sp³-hybridized carbons (Fsp3) is 0.600. The molecule has 1 N–H and O–H groups in total. The highest BCUT2D eigenvalue weighted by atomic mass is 16.6. The average Bonchev–Trinajstić information content (AvgIpc) is 2.51. The first-order chi connectivity index (χ1) is 12.2.